The number of rotatable bonds is 3. The zero-order valence-electron chi connectivity index (χ0n) is 14.3. The molecular weight excluding hydrogens is 290 g/mol. The fourth-order valence-electron chi connectivity index (χ4n) is 3.58. The van der Waals surface area contributed by atoms with Crippen molar-refractivity contribution in [3.63, 3.8) is 0 Å². The number of carbonyl (C=O) groups excluding carboxylic acids is 1. The van der Waals surface area contributed by atoms with E-state index in [0.717, 1.165) is 13.1 Å². The molecule has 2 aliphatic heterocycles. The van der Waals surface area contributed by atoms with Crippen LogP contribution in [-0.2, 0) is 16.1 Å². The molecule has 23 heavy (non-hydrogen) atoms. The molecule has 0 amide bonds. The Bertz CT molecular complexity index is 608. The third-order valence-corrected chi connectivity index (χ3v) is 4.75. The molecule has 0 aromatic heterocycles. The predicted octanol–water partition coefficient (Wildman–Crippen LogP) is 3.05. The predicted molar refractivity (Wildman–Crippen MR) is 88.1 cm³/mol. The van der Waals surface area contributed by atoms with Gasteiger partial charge in [-0.3, -0.25) is 4.90 Å². The summed E-state index contributed by atoms with van der Waals surface area (Å²) in [5, 5.41) is 8.58. The molecule has 0 bridgehead atoms. The summed E-state index contributed by atoms with van der Waals surface area (Å²) in [6.45, 7) is 9.99. The lowest BCUT2D eigenvalue weighted by atomic mass is 9.84. The van der Waals surface area contributed by atoms with Gasteiger partial charge in [0.05, 0.1) is 6.54 Å². The molecule has 5 heteroatoms. The smallest absolute Gasteiger partial charge is 0.338 e. The van der Waals surface area contributed by atoms with E-state index in [-0.39, 0.29) is 17.9 Å². The number of hydrogen-bond acceptors (Lipinski definition) is 5. The molecule has 1 aromatic rings. The van der Waals surface area contributed by atoms with Crippen LogP contribution in [0.15, 0.2) is 40.6 Å². The molecule has 1 fully saturated rings. The maximum atomic E-state index is 12.9. The van der Waals surface area contributed by atoms with Crippen LogP contribution in [0.2, 0.25) is 0 Å². The van der Waals surface area contributed by atoms with Crippen LogP contribution in [0.4, 0.5) is 0 Å². The van der Waals surface area contributed by atoms with Crippen LogP contribution in [0.25, 0.3) is 0 Å². The molecule has 2 heterocycles. The van der Waals surface area contributed by atoms with Gasteiger partial charge in [-0.2, -0.15) is 10.2 Å². The average Bonchev–Trinajstić information content (AvgIpc) is 2.99. The number of benzene rings is 1. The molecule has 5 nitrogen and oxygen atoms in total. The van der Waals surface area contributed by atoms with Crippen LogP contribution in [-0.4, -0.2) is 41.1 Å². The molecule has 0 saturated carbocycles. The molecule has 1 saturated heterocycles. The van der Waals surface area contributed by atoms with Crippen LogP contribution in [0, 0.1) is 5.92 Å². The second-order valence-electron chi connectivity index (χ2n) is 7.54. The van der Waals surface area contributed by atoms with Gasteiger partial charge in [-0.15, -0.1) is 0 Å². The molecular formula is C18H25N3O2. The Balaban J connectivity index is 1.82. The molecule has 0 N–H and O–H groups in total. The van der Waals surface area contributed by atoms with Gasteiger partial charge in [0.25, 0.3) is 0 Å². The normalized spacial score (nSPS) is 30.4. The SMILES string of the molecule is C[C@H]1N(Cc2ccccc2)C[C@H]2CN=N[C@]21C(=O)OC(C)(C)C. The zero-order valence-corrected chi connectivity index (χ0v) is 14.3. The van der Waals surface area contributed by atoms with E-state index in [1.165, 1.54) is 5.56 Å². The number of carbonyl (C=O) groups is 1. The third-order valence-electron chi connectivity index (χ3n) is 4.75. The van der Waals surface area contributed by atoms with Crippen LogP contribution in [0.3, 0.4) is 0 Å². The minimum Gasteiger partial charge on any atom is -0.458 e. The Hall–Kier alpha value is -1.75. The van der Waals surface area contributed by atoms with E-state index in [9.17, 15) is 4.79 Å². The summed E-state index contributed by atoms with van der Waals surface area (Å²) in [5.41, 5.74) is -0.112. The number of hydrogen-bond donors (Lipinski definition) is 0. The van der Waals surface area contributed by atoms with Crippen LogP contribution in [0.1, 0.15) is 33.3 Å². The van der Waals surface area contributed by atoms with E-state index in [2.05, 4.69) is 34.2 Å². The lowest BCUT2D eigenvalue weighted by Crippen LogP contribution is -2.51. The van der Waals surface area contributed by atoms with Gasteiger partial charge < -0.3 is 4.74 Å². The van der Waals surface area contributed by atoms with Crippen molar-refractivity contribution in [3.05, 3.63) is 35.9 Å². The zero-order chi connectivity index (χ0) is 16.7. The molecule has 0 spiro atoms. The van der Waals surface area contributed by atoms with Gasteiger partial charge in [-0.05, 0) is 33.3 Å². The van der Waals surface area contributed by atoms with E-state index in [4.69, 9.17) is 4.74 Å². The maximum Gasteiger partial charge on any atom is 0.338 e. The second-order valence-corrected chi connectivity index (χ2v) is 7.54. The van der Waals surface area contributed by atoms with E-state index in [0.29, 0.717) is 6.54 Å². The molecule has 0 radical (unpaired) electrons. The number of esters is 1. The number of likely N-dealkylation sites (tertiary alicyclic amines) is 1. The maximum absolute atomic E-state index is 12.9. The molecule has 0 unspecified atom stereocenters. The first-order valence-electron chi connectivity index (χ1n) is 8.23. The van der Waals surface area contributed by atoms with Crippen LogP contribution < -0.4 is 0 Å². The first kappa shape index (κ1) is 16.1. The summed E-state index contributed by atoms with van der Waals surface area (Å²) < 4.78 is 5.68. The summed E-state index contributed by atoms with van der Waals surface area (Å²) in [6.07, 6.45) is 0. The van der Waals surface area contributed by atoms with E-state index in [1.54, 1.807) is 0 Å². The number of ether oxygens (including phenoxy) is 1. The van der Waals surface area contributed by atoms with Crippen molar-refractivity contribution in [1.82, 2.24) is 4.90 Å². The molecule has 0 aliphatic carbocycles. The van der Waals surface area contributed by atoms with Crippen molar-refractivity contribution >= 4 is 5.97 Å². The standard InChI is InChI=1S/C18H25N3O2/c1-13-18(16(22)23-17(2,3)4)15(10-19-20-18)12-21(13)11-14-8-6-5-7-9-14/h5-9,13,15H,10-12H2,1-4H3/t13-,15-,18+/m1/s1. The Morgan fingerprint density at radius 3 is 2.70 bits per heavy atom. The second kappa shape index (κ2) is 5.71. The van der Waals surface area contributed by atoms with Crippen molar-refractivity contribution in [2.45, 2.75) is 51.4 Å². The Kier molecular flexibility index (Phi) is 4.00. The van der Waals surface area contributed by atoms with Gasteiger partial charge in [0.2, 0.25) is 0 Å². The lowest BCUT2D eigenvalue weighted by Gasteiger charge is -2.32. The van der Waals surface area contributed by atoms with Gasteiger partial charge in [-0.1, -0.05) is 30.3 Å². The molecule has 3 rings (SSSR count). The van der Waals surface area contributed by atoms with Crippen molar-refractivity contribution in [3.8, 4) is 0 Å². The minimum absolute atomic E-state index is 0.0196. The third kappa shape index (κ3) is 2.90. The summed E-state index contributed by atoms with van der Waals surface area (Å²) in [5.74, 6) is -0.129. The Morgan fingerprint density at radius 2 is 2.04 bits per heavy atom. The fourth-order valence-corrected chi connectivity index (χ4v) is 3.58. The van der Waals surface area contributed by atoms with E-state index < -0.39 is 11.1 Å². The lowest BCUT2D eigenvalue weighted by molar-refractivity contribution is -0.163. The van der Waals surface area contributed by atoms with Crippen molar-refractivity contribution in [1.29, 1.82) is 0 Å². The average molecular weight is 315 g/mol. The largest absolute Gasteiger partial charge is 0.458 e. The summed E-state index contributed by atoms with van der Waals surface area (Å²) in [7, 11) is 0. The van der Waals surface area contributed by atoms with Gasteiger partial charge in [0.15, 0.2) is 5.54 Å². The highest BCUT2D eigenvalue weighted by Gasteiger charge is 2.61. The van der Waals surface area contributed by atoms with Crippen molar-refractivity contribution in [2.24, 2.45) is 16.1 Å². The summed E-state index contributed by atoms with van der Waals surface area (Å²) in [4.78, 5) is 15.2. The molecule has 2 aliphatic rings. The highest BCUT2D eigenvalue weighted by molar-refractivity contribution is 5.84. The summed E-state index contributed by atoms with van der Waals surface area (Å²) >= 11 is 0. The van der Waals surface area contributed by atoms with Crippen molar-refractivity contribution in [2.75, 3.05) is 13.1 Å². The monoisotopic (exact) mass is 315 g/mol. The molecule has 1 aromatic carbocycles. The quantitative estimate of drug-likeness (QED) is 0.806. The highest BCUT2D eigenvalue weighted by Crippen LogP contribution is 2.43. The summed E-state index contributed by atoms with van der Waals surface area (Å²) in [6, 6.07) is 10.3. The van der Waals surface area contributed by atoms with Gasteiger partial charge in [0, 0.05) is 25.0 Å². The van der Waals surface area contributed by atoms with Gasteiger partial charge in [-0.25, -0.2) is 4.79 Å². The Morgan fingerprint density at radius 1 is 1.35 bits per heavy atom. The first-order valence-corrected chi connectivity index (χ1v) is 8.23. The van der Waals surface area contributed by atoms with E-state index >= 15 is 0 Å². The highest BCUT2D eigenvalue weighted by atomic mass is 16.6. The number of azo groups is 1. The fraction of sp³-hybridized carbons (Fsp3) is 0.611. The number of nitrogens with zero attached hydrogens (tertiary/aromatic N) is 3. The van der Waals surface area contributed by atoms with Gasteiger partial charge in [0.1, 0.15) is 5.60 Å². The number of fused-ring (bicyclic) bond motifs is 1. The van der Waals surface area contributed by atoms with Crippen LogP contribution >= 0.6 is 0 Å². The van der Waals surface area contributed by atoms with Gasteiger partial charge >= 0.3 is 5.97 Å². The Labute approximate surface area is 137 Å². The minimum atomic E-state index is -0.845. The molecule has 124 valence electrons. The van der Waals surface area contributed by atoms with Crippen LogP contribution in [0.5, 0.6) is 0 Å². The first-order chi connectivity index (χ1) is 10.8. The van der Waals surface area contributed by atoms with Crippen molar-refractivity contribution < 1.29 is 9.53 Å². The molecule has 3 atom stereocenters. The topological polar surface area (TPSA) is 54.3 Å². The van der Waals surface area contributed by atoms with E-state index in [1.807, 2.05) is 39.0 Å².